The van der Waals surface area contributed by atoms with Crippen molar-refractivity contribution in [2.75, 3.05) is 7.11 Å². The van der Waals surface area contributed by atoms with Crippen LogP contribution in [0.1, 0.15) is 38.4 Å². The van der Waals surface area contributed by atoms with Crippen LogP contribution in [0.5, 0.6) is 0 Å². The van der Waals surface area contributed by atoms with Gasteiger partial charge in [0.1, 0.15) is 0 Å². The van der Waals surface area contributed by atoms with Gasteiger partial charge in [0.25, 0.3) is 0 Å². The molecule has 1 rings (SSSR count). The number of nitrogens with one attached hydrogen (secondary N) is 1. The quantitative estimate of drug-likeness (QED) is 0.561. The van der Waals surface area contributed by atoms with Crippen molar-refractivity contribution in [3.63, 3.8) is 0 Å². The minimum absolute atomic E-state index is 0.0168. The number of hydrogen-bond acceptors (Lipinski definition) is 5. The van der Waals surface area contributed by atoms with Crippen LogP contribution in [0.4, 0.5) is 0 Å². The fourth-order valence-electron chi connectivity index (χ4n) is 1.40. The molecular weight excluding hydrogens is 204 g/mol. The van der Waals surface area contributed by atoms with Gasteiger partial charge in [-0.1, -0.05) is 0 Å². The minimum Gasteiger partial charge on any atom is -0.379 e. The molecule has 0 aliphatic heterocycles. The normalized spacial score (nSPS) is 13.8. The van der Waals surface area contributed by atoms with Crippen LogP contribution >= 0.6 is 0 Å². The van der Waals surface area contributed by atoms with Gasteiger partial charge in [0.05, 0.1) is 23.5 Å². The summed E-state index contributed by atoms with van der Waals surface area (Å²) in [4.78, 5) is 8.26. The second-order valence-electron chi connectivity index (χ2n) is 4.35. The van der Waals surface area contributed by atoms with E-state index in [2.05, 4.69) is 29.2 Å². The molecular formula is C11H20N4O. The lowest BCUT2D eigenvalue weighted by Crippen LogP contribution is -2.31. The van der Waals surface area contributed by atoms with Crippen molar-refractivity contribution < 1.29 is 4.74 Å². The van der Waals surface area contributed by atoms with E-state index in [0.717, 1.165) is 18.5 Å². The van der Waals surface area contributed by atoms with Crippen LogP contribution in [0.2, 0.25) is 0 Å². The van der Waals surface area contributed by atoms with Crippen molar-refractivity contribution in [3.8, 4) is 0 Å². The van der Waals surface area contributed by atoms with Crippen molar-refractivity contribution in [2.24, 2.45) is 5.84 Å². The molecule has 0 saturated heterocycles. The summed E-state index contributed by atoms with van der Waals surface area (Å²) in [6.45, 7) is 4.11. The Bertz CT molecular complexity index is 302. The van der Waals surface area contributed by atoms with Gasteiger partial charge in [0.2, 0.25) is 0 Å². The molecule has 0 amide bonds. The monoisotopic (exact) mass is 224 g/mol. The second-order valence-corrected chi connectivity index (χ2v) is 4.35. The van der Waals surface area contributed by atoms with Gasteiger partial charge in [-0.3, -0.25) is 21.2 Å². The van der Waals surface area contributed by atoms with Crippen LogP contribution in [-0.2, 0) is 4.74 Å². The van der Waals surface area contributed by atoms with E-state index in [1.54, 1.807) is 25.7 Å². The average molecular weight is 224 g/mol. The van der Waals surface area contributed by atoms with Gasteiger partial charge in [-0.2, -0.15) is 0 Å². The fourth-order valence-corrected chi connectivity index (χ4v) is 1.40. The smallest absolute Gasteiger partial charge is 0.0769 e. The second kappa shape index (κ2) is 5.89. The Morgan fingerprint density at radius 2 is 2.25 bits per heavy atom. The van der Waals surface area contributed by atoms with E-state index in [1.165, 1.54) is 0 Å². The molecule has 1 aromatic heterocycles. The number of rotatable bonds is 6. The third-order valence-electron chi connectivity index (χ3n) is 2.73. The maximum absolute atomic E-state index is 5.52. The third-order valence-corrected chi connectivity index (χ3v) is 2.73. The van der Waals surface area contributed by atoms with Gasteiger partial charge in [0.15, 0.2) is 0 Å². The Morgan fingerprint density at radius 1 is 1.50 bits per heavy atom. The lowest BCUT2D eigenvalue weighted by Gasteiger charge is -2.25. The van der Waals surface area contributed by atoms with E-state index in [0.29, 0.717) is 0 Å². The maximum atomic E-state index is 5.52. The zero-order valence-electron chi connectivity index (χ0n) is 10.1. The zero-order valence-corrected chi connectivity index (χ0v) is 10.1. The summed E-state index contributed by atoms with van der Waals surface area (Å²) >= 11 is 0. The summed E-state index contributed by atoms with van der Waals surface area (Å²) in [5, 5.41) is 0. The highest BCUT2D eigenvalue weighted by Gasteiger charge is 2.20. The first-order valence-corrected chi connectivity index (χ1v) is 5.36. The molecule has 0 aliphatic carbocycles. The number of hydrazine groups is 1. The van der Waals surface area contributed by atoms with Gasteiger partial charge >= 0.3 is 0 Å². The summed E-state index contributed by atoms with van der Waals surface area (Å²) in [7, 11) is 1.72. The van der Waals surface area contributed by atoms with Crippen LogP contribution in [0, 0.1) is 0 Å². The highest BCUT2D eigenvalue weighted by atomic mass is 16.5. The molecule has 0 bridgehead atoms. The van der Waals surface area contributed by atoms with Gasteiger partial charge in [-0.05, 0) is 26.7 Å². The van der Waals surface area contributed by atoms with Crippen molar-refractivity contribution in [3.05, 3.63) is 24.3 Å². The number of ether oxygens (including phenoxy) is 1. The molecule has 1 aromatic rings. The van der Waals surface area contributed by atoms with Crippen molar-refractivity contribution >= 4 is 0 Å². The van der Waals surface area contributed by atoms with E-state index in [9.17, 15) is 0 Å². The largest absolute Gasteiger partial charge is 0.379 e. The summed E-state index contributed by atoms with van der Waals surface area (Å²) < 4.78 is 5.36. The molecule has 0 aromatic carbocycles. The molecule has 1 unspecified atom stereocenters. The van der Waals surface area contributed by atoms with Crippen molar-refractivity contribution in [2.45, 2.75) is 38.3 Å². The van der Waals surface area contributed by atoms with E-state index in [1.807, 2.05) is 0 Å². The highest BCUT2D eigenvalue weighted by molar-refractivity contribution is 5.01. The van der Waals surface area contributed by atoms with Crippen LogP contribution in [0.3, 0.4) is 0 Å². The Balaban J connectivity index is 2.57. The first-order chi connectivity index (χ1) is 7.59. The molecule has 1 atom stereocenters. The molecule has 5 nitrogen and oxygen atoms in total. The fraction of sp³-hybridized carbons (Fsp3) is 0.636. The first-order valence-electron chi connectivity index (χ1n) is 5.36. The molecule has 1 heterocycles. The van der Waals surface area contributed by atoms with Crippen LogP contribution in [0.15, 0.2) is 18.6 Å². The number of methoxy groups -OCH3 is 1. The Morgan fingerprint density at radius 3 is 2.75 bits per heavy atom. The molecule has 0 radical (unpaired) electrons. The van der Waals surface area contributed by atoms with Gasteiger partial charge in [-0.15, -0.1) is 0 Å². The standard InChI is InChI=1S/C11H20N4O/c1-11(2,16-3)5-4-9(15-12)10-8-13-6-7-14-10/h6-9,15H,4-5,12H2,1-3H3. The Labute approximate surface area is 96.4 Å². The van der Waals surface area contributed by atoms with E-state index in [-0.39, 0.29) is 11.6 Å². The van der Waals surface area contributed by atoms with Crippen LogP contribution in [0.25, 0.3) is 0 Å². The minimum atomic E-state index is -0.142. The molecule has 16 heavy (non-hydrogen) atoms. The van der Waals surface area contributed by atoms with E-state index in [4.69, 9.17) is 10.6 Å². The van der Waals surface area contributed by atoms with Crippen LogP contribution in [-0.4, -0.2) is 22.7 Å². The number of hydrogen-bond donors (Lipinski definition) is 2. The van der Waals surface area contributed by atoms with E-state index >= 15 is 0 Å². The van der Waals surface area contributed by atoms with Gasteiger partial charge < -0.3 is 4.74 Å². The van der Waals surface area contributed by atoms with Gasteiger partial charge in [0, 0.05) is 19.5 Å². The lowest BCUT2D eigenvalue weighted by atomic mass is 9.98. The van der Waals surface area contributed by atoms with Crippen molar-refractivity contribution in [1.82, 2.24) is 15.4 Å². The van der Waals surface area contributed by atoms with E-state index < -0.39 is 0 Å². The summed E-state index contributed by atoms with van der Waals surface area (Å²) in [6, 6.07) is 0.0168. The number of nitrogens with zero attached hydrogens (tertiary/aromatic N) is 2. The predicted molar refractivity (Wildman–Crippen MR) is 62.4 cm³/mol. The molecule has 0 fully saturated rings. The Kier molecular flexibility index (Phi) is 4.79. The predicted octanol–water partition coefficient (Wildman–Crippen LogP) is 1.19. The third kappa shape index (κ3) is 3.84. The number of aromatic nitrogens is 2. The summed E-state index contributed by atoms with van der Waals surface area (Å²) in [5.41, 5.74) is 3.47. The first kappa shape index (κ1) is 13.0. The molecule has 5 heteroatoms. The highest BCUT2D eigenvalue weighted by Crippen LogP contribution is 2.22. The molecule has 0 spiro atoms. The lowest BCUT2D eigenvalue weighted by molar-refractivity contribution is 0.0116. The molecule has 0 aliphatic rings. The van der Waals surface area contributed by atoms with Gasteiger partial charge in [-0.25, -0.2) is 0 Å². The van der Waals surface area contributed by atoms with Crippen LogP contribution < -0.4 is 11.3 Å². The average Bonchev–Trinajstić information content (AvgIpc) is 2.31. The Hall–Kier alpha value is -1.04. The summed E-state index contributed by atoms with van der Waals surface area (Å²) in [5.74, 6) is 5.52. The molecule has 0 saturated carbocycles. The topological polar surface area (TPSA) is 73.1 Å². The maximum Gasteiger partial charge on any atom is 0.0769 e. The van der Waals surface area contributed by atoms with Crippen molar-refractivity contribution in [1.29, 1.82) is 0 Å². The molecule has 90 valence electrons. The zero-order chi connectivity index (χ0) is 12.0. The molecule has 3 N–H and O–H groups in total. The SMILES string of the molecule is COC(C)(C)CCC(NN)c1cnccn1. The summed E-state index contributed by atoms with van der Waals surface area (Å²) in [6.07, 6.45) is 6.80. The number of nitrogens with two attached hydrogens (primary N) is 1.